The Labute approximate surface area is 79.1 Å². The molecule has 0 amide bonds. The minimum Gasteiger partial charge on any atom is -0.310 e. The van der Waals surface area contributed by atoms with Crippen LogP contribution in [-0.2, 0) is 0 Å². The van der Waals surface area contributed by atoms with Gasteiger partial charge in [-0.3, -0.25) is 0 Å². The predicted octanol–water partition coefficient (Wildman–Crippen LogP) is 2.02. The molecule has 1 fully saturated rings. The van der Waals surface area contributed by atoms with Gasteiger partial charge in [0.25, 0.3) is 0 Å². The highest BCUT2D eigenvalue weighted by Crippen LogP contribution is 2.22. The van der Waals surface area contributed by atoms with Crippen molar-refractivity contribution >= 4 is 0 Å². The summed E-state index contributed by atoms with van der Waals surface area (Å²) in [5.74, 6) is 0.0917. The number of nitrogens with zero attached hydrogens (tertiary/aromatic N) is 1. The van der Waals surface area contributed by atoms with Crippen LogP contribution < -0.4 is 5.32 Å². The van der Waals surface area contributed by atoms with E-state index in [9.17, 15) is 4.39 Å². The van der Waals surface area contributed by atoms with Crippen LogP contribution in [0.25, 0.3) is 0 Å². The zero-order chi connectivity index (χ0) is 9.52. The predicted molar refractivity (Wildman–Crippen MR) is 50.0 cm³/mol. The molecule has 0 bridgehead atoms. The lowest BCUT2D eigenvalue weighted by Gasteiger charge is -2.19. The van der Waals surface area contributed by atoms with E-state index in [2.05, 4.69) is 11.4 Å². The highest BCUT2D eigenvalue weighted by molar-refractivity contribution is 4.93. The normalized spacial score (nSPS) is 29.2. The molecule has 1 aliphatic rings. The molecule has 1 rings (SSSR count). The van der Waals surface area contributed by atoms with Crippen LogP contribution in [0.2, 0.25) is 0 Å². The van der Waals surface area contributed by atoms with Crippen molar-refractivity contribution in [2.24, 2.45) is 5.92 Å². The van der Waals surface area contributed by atoms with Crippen molar-refractivity contribution in [3.05, 3.63) is 0 Å². The first-order valence-electron chi connectivity index (χ1n) is 5.07. The van der Waals surface area contributed by atoms with Crippen LogP contribution in [0.5, 0.6) is 0 Å². The van der Waals surface area contributed by atoms with Gasteiger partial charge < -0.3 is 5.32 Å². The van der Waals surface area contributed by atoms with E-state index in [1.807, 2.05) is 0 Å². The summed E-state index contributed by atoms with van der Waals surface area (Å²) in [5.41, 5.74) is 0. The highest BCUT2D eigenvalue weighted by atomic mass is 19.1. The van der Waals surface area contributed by atoms with Crippen LogP contribution in [-0.4, -0.2) is 19.3 Å². The van der Waals surface area contributed by atoms with E-state index >= 15 is 0 Å². The molecular formula is C10H17FN2. The van der Waals surface area contributed by atoms with Gasteiger partial charge in [-0.1, -0.05) is 19.3 Å². The Morgan fingerprint density at radius 3 is 2.77 bits per heavy atom. The first-order valence-corrected chi connectivity index (χ1v) is 5.07. The number of nitriles is 1. The van der Waals surface area contributed by atoms with E-state index in [0.29, 0.717) is 6.54 Å². The minimum absolute atomic E-state index is 0.0917. The smallest absolute Gasteiger partial charge is 0.102 e. The summed E-state index contributed by atoms with van der Waals surface area (Å²) in [4.78, 5) is 0. The Bertz CT molecular complexity index is 176. The maximum Gasteiger partial charge on any atom is 0.102 e. The largest absolute Gasteiger partial charge is 0.310 e. The molecule has 2 nitrogen and oxygen atoms in total. The molecule has 1 N–H and O–H groups in total. The Balaban J connectivity index is 2.40. The lowest BCUT2D eigenvalue weighted by atomic mass is 9.96. The molecule has 1 saturated carbocycles. The Kier molecular flexibility index (Phi) is 4.77. The summed E-state index contributed by atoms with van der Waals surface area (Å²) < 4.78 is 11.9. The fourth-order valence-corrected chi connectivity index (χ4v) is 1.95. The molecule has 2 atom stereocenters. The number of hydrogen-bond acceptors (Lipinski definition) is 2. The van der Waals surface area contributed by atoms with Crippen LogP contribution >= 0.6 is 0 Å². The second-order valence-electron chi connectivity index (χ2n) is 3.62. The third-order valence-corrected chi connectivity index (χ3v) is 2.68. The third kappa shape index (κ3) is 3.31. The van der Waals surface area contributed by atoms with Gasteiger partial charge in [0.1, 0.15) is 6.67 Å². The summed E-state index contributed by atoms with van der Waals surface area (Å²) >= 11 is 0. The molecular weight excluding hydrogens is 167 g/mol. The van der Waals surface area contributed by atoms with Crippen molar-refractivity contribution in [2.45, 2.75) is 38.1 Å². The lowest BCUT2D eigenvalue weighted by molar-refractivity contribution is 0.367. The number of halogens is 1. The van der Waals surface area contributed by atoms with Gasteiger partial charge in [0.05, 0.1) is 12.0 Å². The molecule has 0 heterocycles. The molecule has 0 aromatic carbocycles. The quantitative estimate of drug-likeness (QED) is 0.681. The van der Waals surface area contributed by atoms with Crippen LogP contribution in [0.3, 0.4) is 0 Å². The van der Waals surface area contributed by atoms with Crippen molar-refractivity contribution in [3.8, 4) is 6.07 Å². The van der Waals surface area contributed by atoms with Crippen molar-refractivity contribution in [2.75, 3.05) is 13.2 Å². The number of nitrogens with one attached hydrogen (secondary N) is 1. The van der Waals surface area contributed by atoms with Gasteiger partial charge in [-0.15, -0.1) is 0 Å². The topological polar surface area (TPSA) is 35.8 Å². The van der Waals surface area contributed by atoms with Gasteiger partial charge >= 0.3 is 0 Å². The third-order valence-electron chi connectivity index (χ3n) is 2.68. The molecule has 13 heavy (non-hydrogen) atoms. The average molecular weight is 184 g/mol. The monoisotopic (exact) mass is 184 g/mol. The van der Waals surface area contributed by atoms with Gasteiger partial charge in [-0.25, -0.2) is 4.39 Å². The SMILES string of the molecule is N#CC1CCCCCC1NCCF. The average Bonchev–Trinajstić information content (AvgIpc) is 2.39. The number of hydrogen-bond donors (Lipinski definition) is 1. The zero-order valence-corrected chi connectivity index (χ0v) is 7.93. The molecule has 3 heteroatoms. The summed E-state index contributed by atoms with van der Waals surface area (Å²) in [6.45, 7) is 0.0531. The van der Waals surface area contributed by atoms with Crippen LogP contribution in [0.4, 0.5) is 4.39 Å². The fraction of sp³-hybridized carbons (Fsp3) is 0.900. The summed E-state index contributed by atoms with van der Waals surface area (Å²) in [5, 5.41) is 12.0. The molecule has 1 aliphatic carbocycles. The number of alkyl halides is 1. The molecule has 0 spiro atoms. The summed E-state index contributed by atoms with van der Waals surface area (Å²) in [7, 11) is 0. The van der Waals surface area contributed by atoms with Crippen LogP contribution in [0, 0.1) is 17.2 Å². The van der Waals surface area contributed by atoms with E-state index in [1.54, 1.807) is 0 Å². The number of rotatable bonds is 3. The van der Waals surface area contributed by atoms with Crippen molar-refractivity contribution in [1.29, 1.82) is 5.26 Å². The standard InChI is InChI=1S/C10H17FN2/c11-6-7-13-10-5-3-1-2-4-9(10)8-12/h9-10,13H,1-7H2. The van der Waals surface area contributed by atoms with Crippen LogP contribution in [0.15, 0.2) is 0 Å². The second kappa shape index (κ2) is 5.93. The summed E-state index contributed by atoms with van der Waals surface area (Å²) in [6, 6.07) is 2.54. The van der Waals surface area contributed by atoms with Gasteiger partial charge in [0.15, 0.2) is 0 Å². The molecule has 0 radical (unpaired) electrons. The highest BCUT2D eigenvalue weighted by Gasteiger charge is 2.22. The maximum atomic E-state index is 11.9. The van der Waals surface area contributed by atoms with Crippen molar-refractivity contribution in [1.82, 2.24) is 5.32 Å². The molecule has 0 aliphatic heterocycles. The first kappa shape index (κ1) is 10.5. The Morgan fingerprint density at radius 2 is 2.08 bits per heavy atom. The van der Waals surface area contributed by atoms with Crippen LogP contribution in [0.1, 0.15) is 32.1 Å². The molecule has 74 valence electrons. The van der Waals surface area contributed by atoms with E-state index < -0.39 is 0 Å². The Hall–Kier alpha value is -0.620. The van der Waals surface area contributed by atoms with Gasteiger partial charge in [0, 0.05) is 12.6 Å². The zero-order valence-electron chi connectivity index (χ0n) is 7.93. The molecule has 2 unspecified atom stereocenters. The van der Waals surface area contributed by atoms with E-state index in [-0.39, 0.29) is 18.6 Å². The molecule has 0 saturated heterocycles. The van der Waals surface area contributed by atoms with Crippen molar-refractivity contribution in [3.63, 3.8) is 0 Å². The van der Waals surface area contributed by atoms with Crippen molar-refractivity contribution < 1.29 is 4.39 Å². The first-order chi connectivity index (χ1) is 6.38. The van der Waals surface area contributed by atoms with Gasteiger partial charge in [0.2, 0.25) is 0 Å². The second-order valence-corrected chi connectivity index (χ2v) is 3.62. The van der Waals surface area contributed by atoms with Gasteiger partial charge in [-0.2, -0.15) is 5.26 Å². The van der Waals surface area contributed by atoms with E-state index in [1.165, 1.54) is 12.8 Å². The lowest BCUT2D eigenvalue weighted by Crippen LogP contribution is -2.36. The maximum absolute atomic E-state index is 11.9. The molecule has 0 aromatic heterocycles. The summed E-state index contributed by atoms with van der Waals surface area (Å²) in [6.07, 6.45) is 5.53. The minimum atomic E-state index is -0.339. The van der Waals surface area contributed by atoms with E-state index in [0.717, 1.165) is 19.3 Å². The van der Waals surface area contributed by atoms with Gasteiger partial charge in [-0.05, 0) is 12.8 Å². The fourth-order valence-electron chi connectivity index (χ4n) is 1.95. The van der Waals surface area contributed by atoms with E-state index in [4.69, 9.17) is 5.26 Å². The Morgan fingerprint density at radius 1 is 1.31 bits per heavy atom. The molecule has 0 aromatic rings.